The van der Waals surface area contributed by atoms with Gasteiger partial charge in [0.1, 0.15) is 5.75 Å². The third kappa shape index (κ3) is 2.45. The predicted molar refractivity (Wildman–Crippen MR) is 82.1 cm³/mol. The maximum Gasteiger partial charge on any atom is 0.115 e. The second-order valence-corrected chi connectivity index (χ2v) is 6.00. The Morgan fingerprint density at radius 1 is 1.30 bits per heavy atom. The summed E-state index contributed by atoms with van der Waals surface area (Å²) >= 11 is 0. The fourth-order valence-corrected chi connectivity index (χ4v) is 3.93. The van der Waals surface area contributed by atoms with Crippen molar-refractivity contribution in [3.05, 3.63) is 29.3 Å². The zero-order valence-electron chi connectivity index (χ0n) is 12.9. The number of benzene rings is 1. The molecule has 1 aliphatic carbocycles. The molecule has 3 N–H and O–H groups in total. The zero-order valence-corrected chi connectivity index (χ0v) is 12.9. The lowest BCUT2D eigenvalue weighted by atomic mass is 9.61. The molecule has 1 aliphatic rings. The van der Waals surface area contributed by atoms with Gasteiger partial charge in [0, 0.05) is 25.0 Å². The molecule has 20 heavy (non-hydrogen) atoms. The molecule has 0 heterocycles. The average molecular weight is 277 g/mol. The summed E-state index contributed by atoms with van der Waals surface area (Å²) in [5.41, 5.74) is 9.04. The molecule has 0 spiro atoms. The fourth-order valence-electron chi connectivity index (χ4n) is 3.93. The van der Waals surface area contributed by atoms with E-state index in [2.05, 4.69) is 13.8 Å². The first-order chi connectivity index (χ1) is 9.58. The minimum absolute atomic E-state index is 0.0123. The Morgan fingerprint density at radius 2 is 1.95 bits per heavy atom. The monoisotopic (exact) mass is 277 g/mol. The van der Waals surface area contributed by atoms with Crippen LogP contribution in [0.3, 0.4) is 0 Å². The Bertz CT molecular complexity index is 452. The lowest BCUT2D eigenvalue weighted by molar-refractivity contribution is 0.0369. The SMILES string of the molecule is CCCC1(CCC)c2cc(O)ccc2C[C@@H](OC)[C@@H]1N. The highest BCUT2D eigenvalue weighted by atomic mass is 16.5. The van der Waals surface area contributed by atoms with Gasteiger partial charge >= 0.3 is 0 Å². The van der Waals surface area contributed by atoms with Crippen LogP contribution in [0.15, 0.2) is 18.2 Å². The molecule has 112 valence electrons. The molecular weight excluding hydrogens is 250 g/mol. The third-order valence-corrected chi connectivity index (χ3v) is 4.78. The molecule has 1 aromatic carbocycles. The summed E-state index contributed by atoms with van der Waals surface area (Å²) in [5.74, 6) is 0.336. The summed E-state index contributed by atoms with van der Waals surface area (Å²) in [6, 6.07) is 5.71. The van der Waals surface area contributed by atoms with Crippen LogP contribution >= 0.6 is 0 Å². The highest BCUT2D eigenvalue weighted by molar-refractivity contribution is 5.44. The van der Waals surface area contributed by atoms with Gasteiger partial charge in [-0.25, -0.2) is 0 Å². The number of phenolic OH excluding ortho intramolecular Hbond substituents is 1. The van der Waals surface area contributed by atoms with Crippen LogP contribution in [-0.2, 0) is 16.6 Å². The van der Waals surface area contributed by atoms with Crippen molar-refractivity contribution in [2.45, 2.75) is 63.5 Å². The Morgan fingerprint density at radius 3 is 2.50 bits per heavy atom. The van der Waals surface area contributed by atoms with Crippen LogP contribution in [0, 0.1) is 0 Å². The number of fused-ring (bicyclic) bond motifs is 1. The quantitative estimate of drug-likeness (QED) is 0.869. The second-order valence-electron chi connectivity index (χ2n) is 6.00. The summed E-state index contributed by atoms with van der Waals surface area (Å²) in [6.45, 7) is 4.39. The zero-order chi connectivity index (χ0) is 14.8. The van der Waals surface area contributed by atoms with E-state index in [9.17, 15) is 5.11 Å². The Labute approximate surface area is 122 Å². The van der Waals surface area contributed by atoms with Crippen LogP contribution in [-0.4, -0.2) is 24.4 Å². The topological polar surface area (TPSA) is 55.5 Å². The summed E-state index contributed by atoms with van der Waals surface area (Å²) in [7, 11) is 1.75. The molecule has 0 unspecified atom stereocenters. The second kappa shape index (κ2) is 6.15. The van der Waals surface area contributed by atoms with E-state index in [-0.39, 0.29) is 17.6 Å². The van der Waals surface area contributed by atoms with Gasteiger partial charge in [-0.3, -0.25) is 0 Å². The first-order valence-electron chi connectivity index (χ1n) is 7.69. The van der Waals surface area contributed by atoms with Gasteiger partial charge in [0.25, 0.3) is 0 Å². The van der Waals surface area contributed by atoms with E-state index in [1.54, 1.807) is 13.2 Å². The number of hydrogen-bond acceptors (Lipinski definition) is 3. The molecule has 0 saturated carbocycles. The molecule has 0 bridgehead atoms. The van der Waals surface area contributed by atoms with Crippen LogP contribution in [0.1, 0.15) is 50.7 Å². The molecule has 3 nitrogen and oxygen atoms in total. The van der Waals surface area contributed by atoms with Crippen molar-refractivity contribution in [2.75, 3.05) is 7.11 Å². The number of rotatable bonds is 5. The Balaban J connectivity index is 2.57. The standard InChI is InChI=1S/C17H27NO2/c1-4-8-17(9-5-2)14-11-13(19)7-6-12(14)10-15(20-3)16(17)18/h6-7,11,15-16,19H,4-5,8-10,18H2,1-3H3/t15-,16+/m1/s1. The van der Waals surface area contributed by atoms with Crippen LogP contribution in [0.4, 0.5) is 0 Å². The van der Waals surface area contributed by atoms with Crippen molar-refractivity contribution in [3.63, 3.8) is 0 Å². The summed E-state index contributed by atoms with van der Waals surface area (Å²) in [5, 5.41) is 9.89. The number of aromatic hydroxyl groups is 1. The van der Waals surface area contributed by atoms with Crippen LogP contribution in [0.25, 0.3) is 0 Å². The van der Waals surface area contributed by atoms with Gasteiger partial charge in [0.15, 0.2) is 0 Å². The van der Waals surface area contributed by atoms with Crippen molar-refractivity contribution in [1.82, 2.24) is 0 Å². The number of hydrogen-bond donors (Lipinski definition) is 2. The molecule has 0 aromatic heterocycles. The molecule has 2 atom stereocenters. The molecule has 3 heteroatoms. The van der Waals surface area contributed by atoms with Gasteiger partial charge in [0.2, 0.25) is 0 Å². The normalized spacial score (nSPS) is 24.4. The van der Waals surface area contributed by atoms with E-state index >= 15 is 0 Å². The van der Waals surface area contributed by atoms with E-state index in [1.807, 2.05) is 12.1 Å². The first-order valence-corrected chi connectivity index (χ1v) is 7.69. The molecule has 0 radical (unpaired) electrons. The molecule has 0 saturated heterocycles. The highest BCUT2D eigenvalue weighted by Crippen LogP contribution is 2.45. The third-order valence-electron chi connectivity index (χ3n) is 4.78. The van der Waals surface area contributed by atoms with Gasteiger partial charge in [-0.2, -0.15) is 0 Å². The molecule has 0 fully saturated rings. The van der Waals surface area contributed by atoms with Crippen LogP contribution < -0.4 is 5.73 Å². The average Bonchev–Trinajstić information content (AvgIpc) is 2.44. The minimum atomic E-state index is -0.0729. The van der Waals surface area contributed by atoms with Crippen molar-refractivity contribution >= 4 is 0 Å². The maximum atomic E-state index is 9.89. The lowest BCUT2D eigenvalue weighted by Crippen LogP contribution is -2.57. The fraction of sp³-hybridized carbons (Fsp3) is 0.647. The van der Waals surface area contributed by atoms with Gasteiger partial charge in [-0.15, -0.1) is 0 Å². The number of ether oxygens (including phenoxy) is 1. The number of nitrogens with two attached hydrogens (primary N) is 1. The summed E-state index contributed by atoms with van der Waals surface area (Å²) < 4.78 is 5.65. The van der Waals surface area contributed by atoms with Gasteiger partial charge in [0.05, 0.1) is 6.10 Å². The Kier molecular flexibility index (Phi) is 4.71. The highest BCUT2D eigenvalue weighted by Gasteiger charge is 2.46. The van der Waals surface area contributed by atoms with E-state index in [0.29, 0.717) is 5.75 Å². The van der Waals surface area contributed by atoms with Gasteiger partial charge in [-0.1, -0.05) is 32.8 Å². The lowest BCUT2D eigenvalue weighted by Gasteiger charge is -2.47. The number of methoxy groups -OCH3 is 1. The van der Waals surface area contributed by atoms with Crippen molar-refractivity contribution < 1.29 is 9.84 Å². The minimum Gasteiger partial charge on any atom is -0.508 e. The maximum absolute atomic E-state index is 9.89. The molecule has 1 aromatic rings. The van der Waals surface area contributed by atoms with E-state index in [1.165, 1.54) is 11.1 Å². The smallest absolute Gasteiger partial charge is 0.115 e. The van der Waals surface area contributed by atoms with Crippen LogP contribution in [0.5, 0.6) is 5.75 Å². The summed E-state index contributed by atoms with van der Waals surface area (Å²) in [4.78, 5) is 0. The van der Waals surface area contributed by atoms with E-state index in [0.717, 1.165) is 32.1 Å². The molecule has 0 amide bonds. The predicted octanol–water partition coefficient (Wildman–Crippen LogP) is 3.13. The van der Waals surface area contributed by atoms with Crippen molar-refractivity contribution in [1.29, 1.82) is 0 Å². The largest absolute Gasteiger partial charge is 0.508 e. The van der Waals surface area contributed by atoms with Crippen LogP contribution in [0.2, 0.25) is 0 Å². The first kappa shape index (κ1) is 15.3. The van der Waals surface area contributed by atoms with E-state index in [4.69, 9.17) is 10.5 Å². The Hall–Kier alpha value is -1.06. The van der Waals surface area contributed by atoms with Gasteiger partial charge < -0.3 is 15.6 Å². The molecule has 2 rings (SSSR count). The molecule has 0 aliphatic heterocycles. The molecular formula is C17H27NO2. The number of phenols is 1. The van der Waals surface area contributed by atoms with Crippen molar-refractivity contribution in [3.8, 4) is 5.75 Å². The van der Waals surface area contributed by atoms with Crippen molar-refractivity contribution in [2.24, 2.45) is 5.73 Å². The van der Waals surface area contributed by atoms with E-state index < -0.39 is 0 Å². The van der Waals surface area contributed by atoms with Gasteiger partial charge in [-0.05, 0) is 36.1 Å². The summed E-state index contributed by atoms with van der Waals surface area (Å²) in [6.07, 6.45) is 5.14.